The Morgan fingerprint density at radius 2 is 2.05 bits per heavy atom. The van der Waals surface area contributed by atoms with Crippen molar-refractivity contribution in [1.29, 1.82) is 0 Å². The lowest BCUT2D eigenvalue weighted by molar-refractivity contribution is 0.267. The molecule has 0 aliphatic carbocycles. The smallest absolute Gasteiger partial charge is 0.301 e. The topological polar surface area (TPSA) is 78.9 Å². The van der Waals surface area contributed by atoms with Crippen LogP contribution in [0, 0.1) is 0 Å². The van der Waals surface area contributed by atoms with E-state index in [1.54, 1.807) is 18.2 Å². The number of ether oxygens (including phenoxy) is 1. The number of nitrogens with one attached hydrogen (secondary N) is 1. The zero-order valence-corrected chi connectivity index (χ0v) is 12.3. The fourth-order valence-electron chi connectivity index (χ4n) is 2.20. The lowest BCUT2D eigenvalue weighted by atomic mass is 10.2. The number of benzene rings is 1. The molecule has 7 heteroatoms. The molecule has 0 aromatic heterocycles. The average molecular weight is 300 g/mol. The van der Waals surface area contributed by atoms with E-state index in [0.29, 0.717) is 36.7 Å². The number of anilines is 1. The summed E-state index contributed by atoms with van der Waals surface area (Å²) in [5.41, 5.74) is 0.998. The summed E-state index contributed by atoms with van der Waals surface area (Å²) in [7, 11) is -3.50. The van der Waals surface area contributed by atoms with Crippen LogP contribution < -0.4 is 9.46 Å². The van der Waals surface area contributed by atoms with Gasteiger partial charge in [-0.15, -0.1) is 0 Å². The van der Waals surface area contributed by atoms with Crippen LogP contribution in [0.15, 0.2) is 18.2 Å². The first kappa shape index (κ1) is 15.1. The van der Waals surface area contributed by atoms with Crippen LogP contribution in [-0.4, -0.2) is 37.5 Å². The van der Waals surface area contributed by atoms with Crippen LogP contribution in [0.2, 0.25) is 0 Å². The van der Waals surface area contributed by atoms with E-state index in [1.165, 1.54) is 4.31 Å². The molecule has 1 fully saturated rings. The van der Waals surface area contributed by atoms with E-state index in [4.69, 9.17) is 4.74 Å². The van der Waals surface area contributed by atoms with Crippen molar-refractivity contribution in [2.45, 2.75) is 26.4 Å². The molecule has 2 N–H and O–H groups in total. The Morgan fingerprint density at radius 1 is 1.35 bits per heavy atom. The molecule has 1 aliphatic heterocycles. The van der Waals surface area contributed by atoms with Crippen molar-refractivity contribution >= 4 is 15.9 Å². The van der Waals surface area contributed by atoms with Crippen molar-refractivity contribution < 1.29 is 18.3 Å². The van der Waals surface area contributed by atoms with Gasteiger partial charge in [0.2, 0.25) is 0 Å². The summed E-state index contributed by atoms with van der Waals surface area (Å²) in [6.07, 6.45) is 1.79. The standard InChI is InChI=1S/C13H20N2O4S/c1-2-19-13-6-5-12(9-11(13)10-16)14-20(17,18)15-7-3-4-8-15/h5-6,9,14,16H,2-4,7-8,10H2,1H3. The van der Waals surface area contributed by atoms with Crippen LogP contribution in [0.4, 0.5) is 5.69 Å². The average Bonchev–Trinajstić information content (AvgIpc) is 2.95. The highest BCUT2D eigenvalue weighted by atomic mass is 32.2. The van der Waals surface area contributed by atoms with Crippen LogP contribution in [0.3, 0.4) is 0 Å². The molecule has 0 bridgehead atoms. The van der Waals surface area contributed by atoms with E-state index in [9.17, 15) is 13.5 Å². The molecule has 0 radical (unpaired) electrons. The summed E-state index contributed by atoms with van der Waals surface area (Å²) >= 11 is 0. The number of rotatable bonds is 6. The minimum atomic E-state index is -3.50. The summed E-state index contributed by atoms with van der Waals surface area (Å²) < 4.78 is 33.6. The normalized spacial score (nSPS) is 16.3. The quantitative estimate of drug-likeness (QED) is 0.831. The fourth-order valence-corrected chi connectivity index (χ4v) is 3.50. The van der Waals surface area contributed by atoms with Gasteiger partial charge in [0, 0.05) is 18.7 Å². The van der Waals surface area contributed by atoms with Gasteiger partial charge in [0.1, 0.15) is 5.75 Å². The first-order chi connectivity index (χ1) is 9.56. The van der Waals surface area contributed by atoms with Gasteiger partial charge in [-0.25, -0.2) is 0 Å². The van der Waals surface area contributed by atoms with E-state index >= 15 is 0 Å². The van der Waals surface area contributed by atoms with Crippen molar-refractivity contribution in [3.05, 3.63) is 23.8 Å². The summed E-state index contributed by atoms with van der Waals surface area (Å²) in [4.78, 5) is 0. The summed E-state index contributed by atoms with van der Waals surface area (Å²) in [6, 6.07) is 4.90. The Bertz CT molecular complexity index is 553. The number of nitrogens with zero attached hydrogens (tertiary/aromatic N) is 1. The minimum absolute atomic E-state index is 0.200. The van der Waals surface area contributed by atoms with Gasteiger partial charge in [-0.1, -0.05) is 0 Å². The molecule has 20 heavy (non-hydrogen) atoms. The third kappa shape index (κ3) is 3.41. The zero-order chi connectivity index (χ0) is 14.6. The molecule has 2 rings (SSSR count). The molecule has 1 aromatic carbocycles. The van der Waals surface area contributed by atoms with Crippen LogP contribution in [0.5, 0.6) is 5.75 Å². The van der Waals surface area contributed by atoms with Crippen LogP contribution >= 0.6 is 0 Å². The summed E-state index contributed by atoms with van der Waals surface area (Å²) in [6.45, 7) is 3.25. The molecule has 0 amide bonds. The lowest BCUT2D eigenvalue weighted by Crippen LogP contribution is -2.33. The molecule has 0 unspecified atom stereocenters. The maximum absolute atomic E-state index is 12.1. The Morgan fingerprint density at radius 3 is 2.65 bits per heavy atom. The van der Waals surface area contributed by atoms with E-state index in [0.717, 1.165) is 12.8 Å². The highest BCUT2D eigenvalue weighted by Crippen LogP contribution is 2.24. The highest BCUT2D eigenvalue weighted by Gasteiger charge is 2.25. The van der Waals surface area contributed by atoms with Gasteiger partial charge in [0.25, 0.3) is 0 Å². The van der Waals surface area contributed by atoms with E-state index in [2.05, 4.69) is 4.72 Å². The van der Waals surface area contributed by atoms with Gasteiger partial charge < -0.3 is 9.84 Å². The predicted octanol–water partition coefficient (Wildman–Crippen LogP) is 1.33. The van der Waals surface area contributed by atoms with E-state index < -0.39 is 10.2 Å². The Hall–Kier alpha value is -1.31. The molecule has 0 atom stereocenters. The minimum Gasteiger partial charge on any atom is -0.494 e. The Labute approximate surface area is 119 Å². The molecule has 0 saturated carbocycles. The number of hydrogen-bond donors (Lipinski definition) is 2. The predicted molar refractivity (Wildman–Crippen MR) is 76.9 cm³/mol. The van der Waals surface area contributed by atoms with Crippen molar-refractivity contribution in [3.63, 3.8) is 0 Å². The molecule has 0 spiro atoms. The highest BCUT2D eigenvalue weighted by molar-refractivity contribution is 7.90. The monoisotopic (exact) mass is 300 g/mol. The number of aliphatic hydroxyl groups excluding tert-OH is 1. The third-order valence-electron chi connectivity index (χ3n) is 3.18. The van der Waals surface area contributed by atoms with Crippen LogP contribution in [-0.2, 0) is 16.8 Å². The van der Waals surface area contributed by atoms with Crippen molar-refractivity contribution in [2.75, 3.05) is 24.4 Å². The van der Waals surface area contributed by atoms with Crippen molar-refractivity contribution in [3.8, 4) is 5.75 Å². The van der Waals surface area contributed by atoms with E-state index in [1.807, 2.05) is 6.92 Å². The molecular formula is C13H20N2O4S. The van der Waals surface area contributed by atoms with Gasteiger partial charge in [0.15, 0.2) is 0 Å². The second kappa shape index (κ2) is 6.43. The maximum atomic E-state index is 12.1. The second-order valence-electron chi connectivity index (χ2n) is 4.63. The van der Waals surface area contributed by atoms with Gasteiger partial charge in [-0.3, -0.25) is 4.72 Å². The van der Waals surface area contributed by atoms with Crippen molar-refractivity contribution in [2.24, 2.45) is 0 Å². The first-order valence-corrected chi connectivity index (χ1v) is 8.15. The molecule has 112 valence electrons. The molecule has 1 aliphatic rings. The number of hydrogen-bond acceptors (Lipinski definition) is 4. The van der Waals surface area contributed by atoms with Gasteiger partial charge in [-0.2, -0.15) is 12.7 Å². The second-order valence-corrected chi connectivity index (χ2v) is 6.30. The lowest BCUT2D eigenvalue weighted by Gasteiger charge is -2.18. The number of aliphatic hydroxyl groups is 1. The van der Waals surface area contributed by atoms with Crippen LogP contribution in [0.1, 0.15) is 25.3 Å². The molecule has 1 heterocycles. The SMILES string of the molecule is CCOc1ccc(NS(=O)(=O)N2CCCC2)cc1CO. The Balaban J connectivity index is 2.17. The molecule has 1 saturated heterocycles. The molecule has 6 nitrogen and oxygen atoms in total. The molecular weight excluding hydrogens is 280 g/mol. The van der Waals surface area contributed by atoms with Gasteiger partial charge >= 0.3 is 10.2 Å². The fraction of sp³-hybridized carbons (Fsp3) is 0.538. The van der Waals surface area contributed by atoms with Crippen molar-refractivity contribution in [1.82, 2.24) is 4.31 Å². The largest absolute Gasteiger partial charge is 0.494 e. The first-order valence-electron chi connectivity index (χ1n) is 6.71. The Kier molecular flexibility index (Phi) is 4.85. The summed E-state index contributed by atoms with van der Waals surface area (Å²) in [5, 5.41) is 9.31. The third-order valence-corrected chi connectivity index (χ3v) is 4.72. The summed E-state index contributed by atoms with van der Waals surface area (Å²) in [5.74, 6) is 0.569. The van der Waals surface area contributed by atoms with Gasteiger partial charge in [-0.05, 0) is 38.0 Å². The van der Waals surface area contributed by atoms with E-state index in [-0.39, 0.29) is 6.61 Å². The van der Waals surface area contributed by atoms with Crippen LogP contribution in [0.25, 0.3) is 0 Å². The molecule has 1 aromatic rings. The van der Waals surface area contributed by atoms with Gasteiger partial charge in [0.05, 0.1) is 18.9 Å². The zero-order valence-electron chi connectivity index (χ0n) is 11.5. The maximum Gasteiger partial charge on any atom is 0.301 e.